The van der Waals surface area contributed by atoms with Crippen molar-refractivity contribution in [2.24, 2.45) is 4.99 Å². The van der Waals surface area contributed by atoms with Gasteiger partial charge in [-0.2, -0.15) is 0 Å². The molecule has 1 aliphatic rings. The number of carbonyl (C=O) groups is 2. The lowest BCUT2D eigenvalue weighted by atomic mass is 10.1. The lowest BCUT2D eigenvalue weighted by Gasteiger charge is -2.32. The van der Waals surface area contributed by atoms with Gasteiger partial charge in [0, 0.05) is 19.5 Å². The summed E-state index contributed by atoms with van der Waals surface area (Å²) >= 11 is 1.31. The van der Waals surface area contributed by atoms with Gasteiger partial charge < -0.3 is 5.32 Å². The van der Waals surface area contributed by atoms with Gasteiger partial charge in [-0.25, -0.2) is 9.38 Å². The van der Waals surface area contributed by atoms with Crippen molar-refractivity contribution in [3.05, 3.63) is 66.0 Å². The van der Waals surface area contributed by atoms with Crippen LogP contribution in [0.1, 0.15) is 51.0 Å². The molecule has 0 spiro atoms. The molecule has 3 rings (SSSR count). The van der Waals surface area contributed by atoms with Gasteiger partial charge in [-0.3, -0.25) is 14.5 Å². The van der Waals surface area contributed by atoms with E-state index in [2.05, 4.69) is 17.2 Å². The van der Waals surface area contributed by atoms with Crippen molar-refractivity contribution in [1.29, 1.82) is 0 Å². The fourth-order valence-corrected chi connectivity index (χ4v) is 4.80. The second-order valence-corrected chi connectivity index (χ2v) is 9.34. The highest BCUT2D eigenvalue weighted by atomic mass is 32.2. The number of nitrogens with one attached hydrogen (secondary N) is 1. The minimum absolute atomic E-state index is 0.0895. The number of hydrogen-bond donors (Lipinski definition) is 1. The van der Waals surface area contributed by atoms with Gasteiger partial charge >= 0.3 is 0 Å². The smallest absolute Gasteiger partial charge is 0.234 e. The number of aliphatic imine (C=N–C) groups is 1. The lowest BCUT2D eigenvalue weighted by molar-refractivity contribution is -0.130. The van der Waals surface area contributed by atoms with Gasteiger partial charge in [0.2, 0.25) is 11.8 Å². The molecule has 1 fully saturated rings. The largest absolute Gasteiger partial charge is 0.355 e. The molecule has 0 saturated carbocycles. The molecule has 1 saturated heterocycles. The van der Waals surface area contributed by atoms with Crippen LogP contribution in [0.25, 0.3) is 0 Å². The summed E-state index contributed by atoms with van der Waals surface area (Å²) in [5, 5.41) is 2.95. The van der Waals surface area contributed by atoms with Crippen LogP contribution >= 0.6 is 11.8 Å². The minimum atomic E-state index is -0.524. The van der Waals surface area contributed by atoms with E-state index in [9.17, 15) is 14.0 Å². The molecule has 0 radical (unpaired) electrons. The van der Waals surface area contributed by atoms with Gasteiger partial charge in [-0.15, -0.1) is 0 Å². The Morgan fingerprint density at radius 1 is 1.09 bits per heavy atom. The molecule has 0 aromatic heterocycles. The Kier molecular flexibility index (Phi) is 9.94. The number of hydrogen-bond acceptors (Lipinski definition) is 4. The number of rotatable bonds is 11. The van der Waals surface area contributed by atoms with E-state index in [-0.39, 0.29) is 24.1 Å². The van der Waals surface area contributed by atoms with Crippen LogP contribution in [0.4, 0.5) is 10.1 Å². The molecule has 33 heavy (non-hydrogen) atoms. The predicted molar refractivity (Wildman–Crippen MR) is 133 cm³/mol. The first-order valence-corrected chi connectivity index (χ1v) is 12.6. The summed E-state index contributed by atoms with van der Waals surface area (Å²) in [4.78, 5) is 32.1. The molecule has 176 valence electrons. The molecule has 0 unspecified atom stereocenters. The maximum absolute atomic E-state index is 13.3. The quantitative estimate of drug-likeness (QED) is 0.444. The summed E-state index contributed by atoms with van der Waals surface area (Å²) < 4.78 is 13.3. The van der Waals surface area contributed by atoms with E-state index in [1.54, 1.807) is 17.0 Å². The number of halogens is 1. The Bertz CT molecular complexity index is 934. The van der Waals surface area contributed by atoms with Gasteiger partial charge in [0.1, 0.15) is 5.82 Å². The van der Waals surface area contributed by atoms with E-state index in [0.29, 0.717) is 23.9 Å². The zero-order valence-corrected chi connectivity index (χ0v) is 20.0. The SMILES string of the molecule is CCCCCCCN1C(=O)C[C@@H](C(=O)NCCc2ccccc2)SC1=Nc1ccc(F)cc1. The molecule has 7 heteroatoms. The van der Waals surface area contributed by atoms with Crippen LogP contribution in [0.3, 0.4) is 0 Å². The third-order valence-electron chi connectivity index (χ3n) is 5.52. The highest BCUT2D eigenvalue weighted by Crippen LogP contribution is 2.29. The molecule has 2 aromatic rings. The van der Waals surface area contributed by atoms with Crippen LogP contribution in [0.15, 0.2) is 59.6 Å². The second-order valence-electron chi connectivity index (χ2n) is 8.17. The van der Waals surface area contributed by atoms with Crippen molar-refractivity contribution >= 4 is 34.4 Å². The summed E-state index contributed by atoms with van der Waals surface area (Å²) in [6.07, 6.45) is 6.32. The van der Waals surface area contributed by atoms with Crippen molar-refractivity contribution in [3.8, 4) is 0 Å². The molecule has 5 nitrogen and oxygen atoms in total. The first kappa shape index (κ1) is 25.0. The molecule has 1 heterocycles. The average Bonchev–Trinajstić information content (AvgIpc) is 2.82. The highest BCUT2D eigenvalue weighted by Gasteiger charge is 2.35. The third-order valence-corrected chi connectivity index (χ3v) is 6.71. The van der Waals surface area contributed by atoms with Gasteiger partial charge in [-0.1, -0.05) is 74.7 Å². The molecule has 0 bridgehead atoms. The van der Waals surface area contributed by atoms with E-state index in [4.69, 9.17) is 0 Å². The molecule has 1 N–H and O–H groups in total. The Labute approximate surface area is 199 Å². The van der Waals surface area contributed by atoms with Crippen LogP contribution in [0.2, 0.25) is 0 Å². The molecular weight excluding hydrogens is 437 g/mol. The second kappa shape index (κ2) is 13.1. The van der Waals surface area contributed by atoms with Crippen molar-refractivity contribution < 1.29 is 14.0 Å². The number of carbonyl (C=O) groups excluding carboxylic acids is 2. The molecule has 1 atom stereocenters. The molecule has 2 amide bonds. The van der Waals surface area contributed by atoms with Crippen LogP contribution in [-0.4, -0.2) is 40.2 Å². The van der Waals surface area contributed by atoms with E-state index in [1.165, 1.54) is 30.3 Å². The maximum Gasteiger partial charge on any atom is 0.234 e. The van der Waals surface area contributed by atoms with Gasteiger partial charge in [0.25, 0.3) is 0 Å². The van der Waals surface area contributed by atoms with Gasteiger partial charge in [-0.05, 0) is 42.7 Å². The number of nitrogens with zero attached hydrogens (tertiary/aromatic N) is 2. The van der Waals surface area contributed by atoms with Crippen molar-refractivity contribution in [1.82, 2.24) is 10.2 Å². The van der Waals surface area contributed by atoms with E-state index < -0.39 is 5.25 Å². The first-order chi connectivity index (χ1) is 16.1. The summed E-state index contributed by atoms with van der Waals surface area (Å²) in [7, 11) is 0. The van der Waals surface area contributed by atoms with Crippen molar-refractivity contribution in [3.63, 3.8) is 0 Å². The number of unbranched alkanes of at least 4 members (excludes halogenated alkanes) is 4. The Balaban J connectivity index is 1.65. The molecular formula is C26H32FN3O2S. The Morgan fingerprint density at radius 3 is 2.55 bits per heavy atom. The lowest BCUT2D eigenvalue weighted by Crippen LogP contribution is -2.47. The summed E-state index contributed by atoms with van der Waals surface area (Å²) in [5.41, 5.74) is 1.71. The van der Waals surface area contributed by atoms with Crippen LogP contribution in [0.5, 0.6) is 0 Å². The third kappa shape index (κ3) is 8.00. The van der Waals surface area contributed by atoms with Crippen LogP contribution in [-0.2, 0) is 16.0 Å². The van der Waals surface area contributed by atoms with E-state index in [0.717, 1.165) is 37.7 Å². The van der Waals surface area contributed by atoms with E-state index >= 15 is 0 Å². The van der Waals surface area contributed by atoms with Crippen molar-refractivity contribution in [2.75, 3.05) is 13.1 Å². The van der Waals surface area contributed by atoms with Crippen molar-refractivity contribution in [2.45, 2.75) is 57.1 Å². The topological polar surface area (TPSA) is 61.8 Å². The Hall–Kier alpha value is -2.67. The zero-order chi connectivity index (χ0) is 23.5. The number of amides is 2. The predicted octanol–water partition coefficient (Wildman–Crippen LogP) is 5.48. The summed E-state index contributed by atoms with van der Waals surface area (Å²) in [5.74, 6) is -0.582. The van der Waals surface area contributed by atoms with Gasteiger partial charge in [0.15, 0.2) is 5.17 Å². The van der Waals surface area contributed by atoms with Crippen LogP contribution in [0, 0.1) is 5.82 Å². The monoisotopic (exact) mass is 469 g/mol. The first-order valence-electron chi connectivity index (χ1n) is 11.7. The normalized spacial score (nSPS) is 17.4. The minimum Gasteiger partial charge on any atom is -0.355 e. The number of amidine groups is 1. The number of thioether (sulfide) groups is 1. The average molecular weight is 470 g/mol. The highest BCUT2D eigenvalue weighted by molar-refractivity contribution is 8.15. The Morgan fingerprint density at radius 2 is 1.82 bits per heavy atom. The molecule has 0 aliphatic carbocycles. The standard InChI is InChI=1S/C26H32FN3O2S/c1-2-3-4-5-9-18-30-24(31)19-23(25(32)28-17-16-20-10-7-6-8-11-20)33-26(30)29-22-14-12-21(27)13-15-22/h6-8,10-15,23H,2-5,9,16-19H2,1H3,(H,28,32)/t23-/m0/s1. The molecule has 1 aliphatic heterocycles. The van der Waals surface area contributed by atoms with E-state index in [1.807, 2.05) is 30.3 Å². The summed E-state index contributed by atoms with van der Waals surface area (Å²) in [6, 6.07) is 15.8. The molecule has 2 aromatic carbocycles. The zero-order valence-electron chi connectivity index (χ0n) is 19.1. The van der Waals surface area contributed by atoms with Gasteiger partial charge in [0.05, 0.1) is 10.9 Å². The summed E-state index contributed by atoms with van der Waals surface area (Å²) in [6.45, 7) is 3.26. The van der Waals surface area contributed by atoms with Crippen LogP contribution < -0.4 is 5.32 Å². The fourth-order valence-electron chi connectivity index (χ4n) is 3.65. The number of benzene rings is 2. The maximum atomic E-state index is 13.3. The fraction of sp³-hybridized carbons (Fsp3) is 0.423.